The first-order valence-electron chi connectivity index (χ1n) is 3.22. The van der Waals surface area contributed by atoms with Crippen LogP contribution in [0.5, 0.6) is 0 Å². The second kappa shape index (κ2) is 2.36. The van der Waals surface area contributed by atoms with Crippen LogP contribution in [-0.2, 0) is 9.59 Å². The van der Waals surface area contributed by atoms with Crippen LogP contribution in [0.15, 0.2) is 0 Å². The van der Waals surface area contributed by atoms with Crippen molar-refractivity contribution in [1.29, 1.82) is 0 Å². The molecule has 0 aromatic heterocycles. The molecule has 0 aliphatic heterocycles. The quantitative estimate of drug-likeness (QED) is 0.514. The first-order valence-corrected chi connectivity index (χ1v) is 3.22. The molecule has 2 atom stereocenters. The maximum Gasteiger partial charge on any atom is 0.400 e. The molecule has 1 aliphatic carbocycles. The first kappa shape index (κ1) is 9.82. The summed E-state index contributed by atoms with van der Waals surface area (Å²) < 4.78 is 36.1. The van der Waals surface area contributed by atoms with Gasteiger partial charge in [-0.15, -0.1) is 0 Å². The third-order valence-electron chi connectivity index (χ3n) is 2.12. The van der Waals surface area contributed by atoms with Crippen molar-refractivity contribution in [3.63, 3.8) is 0 Å². The van der Waals surface area contributed by atoms with Gasteiger partial charge in [0, 0.05) is 11.9 Å². The van der Waals surface area contributed by atoms with E-state index in [1.54, 1.807) is 0 Å². The van der Waals surface area contributed by atoms with Crippen molar-refractivity contribution in [3.8, 4) is 0 Å². The fourth-order valence-electron chi connectivity index (χ4n) is 1.20. The second-order valence-electron chi connectivity index (χ2n) is 2.83. The van der Waals surface area contributed by atoms with Crippen LogP contribution in [-0.4, -0.2) is 18.1 Å². The summed E-state index contributed by atoms with van der Waals surface area (Å²) in [7, 11) is 0. The average Bonchev–Trinajstić information content (AvgIpc) is 2.57. The van der Waals surface area contributed by atoms with Crippen LogP contribution in [0.25, 0.3) is 0 Å². The molecule has 1 saturated carbocycles. The van der Waals surface area contributed by atoms with Gasteiger partial charge in [-0.2, -0.15) is 13.2 Å². The summed E-state index contributed by atoms with van der Waals surface area (Å²) >= 11 is 0. The number of halogens is 3. The summed E-state index contributed by atoms with van der Waals surface area (Å²) in [6.07, 6.45) is -6.10. The average molecular weight is 196 g/mol. The predicted molar refractivity (Wildman–Crippen MR) is 26.6 cm³/mol. The smallest absolute Gasteiger partial charge is 0.400 e. The molecule has 0 spiro atoms. The lowest BCUT2D eigenvalue weighted by molar-refractivity contribution is -0.338. The van der Waals surface area contributed by atoms with E-state index in [2.05, 4.69) is 0 Å². The summed E-state index contributed by atoms with van der Waals surface area (Å²) in [6, 6.07) is 0. The lowest BCUT2D eigenvalue weighted by Crippen LogP contribution is -2.46. The minimum absolute atomic E-state index is 0.999. The standard InChI is InChI=1S/C6H5F3O4/c7-6(8,9)5(4(12)13)1-2(5)3(10)11/h2H,1H2,(H,10,11)(H,12,13)/p-2/t2-,5-/m0/s1. The Labute approximate surface area is 70.0 Å². The highest BCUT2D eigenvalue weighted by Gasteiger charge is 2.72. The van der Waals surface area contributed by atoms with Crippen LogP contribution >= 0.6 is 0 Å². The Hall–Kier alpha value is -1.27. The molecular weight excluding hydrogens is 193 g/mol. The van der Waals surface area contributed by atoms with Gasteiger partial charge in [0.2, 0.25) is 0 Å². The summed E-state index contributed by atoms with van der Waals surface area (Å²) in [5.74, 6) is -6.44. The predicted octanol–water partition coefficient (Wildman–Crippen LogP) is -1.95. The zero-order chi connectivity index (χ0) is 10.4. The Balaban J connectivity index is 2.97. The van der Waals surface area contributed by atoms with Gasteiger partial charge >= 0.3 is 6.18 Å². The van der Waals surface area contributed by atoms with Crippen molar-refractivity contribution >= 4 is 11.9 Å². The molecule has 0 heterocycles. The summed E-state index contributed by atoms with van der Waals surface area (Å²) in [5.41, 5.74) is -3.23. The van der Waals surface area contributed by atoms with Gasteiger partial charge in [-0.1, -0.05) is 0 Å². The molecule has 0 N–H and O–H groups in total. The van der Waals surface area contributed by atoms with E-state index in [1.807, 2.05) is 0 Å². The monoisotopic (exact) mass is 196 g/mol. The van der Waals surface area contributed by atoms with Crippen LogP contribution in [0, 0.1) is 11.3 Å². The fourth-order valence-corrected chi connectivity index (χ4v) is 1.20. The molecule has 4 nitrogen and oxygen atoms in total. The number of aliphatic carboxylic acids is 2. The molecule has 0 aromatic rings. The second-order valence-corrected chi connectivity index (χ2v) is 2.83. The van der Waals surface area contributed by atoms with E-state index >= 15 is 0 Å². The van der Waals surface area contributed by atoms with Gasteiger partial charge in [0.05, 0.1) is 5.97 Å². The number of carboxylic acid groups (broad SMARTS) is 2. The third kappa shape index (κ3) is 1.14. The van der Waals surface area contributed by atoms with Crippen LogP contribution in [0.4, 0.5) is 13.2 Å². The molecular formula is C6H3F3O4-2. The maximum absolute atomic E-state index is 12.0. The molecule has 1 fully saturated rings. The van der Waals surface area contributed by atoms with Gasteiger partial charge < -0.3 is 19.8 Å². The zero-order valence-electron chi connectivity index (χ0n) is 6.05. The van der Waals surface area contributed by atoms with Crippen LogP contribution in [0.1, 0.15) is 6.42 Å². The number of carbonyl (C=O) groups is 2. The van der Waals surface area contributed by atoms with E-state index in [9.17, 15) is 33.0 Å². The van der Waals surface area contributed by atoms with E-state index in [0.29, 0.717) is 0 Å². The van der Waals surface area contributed by atoms with E-state index in [4.69, 9.17) is 0 Å². The highest BCUT2D eigenvalue weighted by molar-refractivity contribution is 5.88. The van der Waals surface area contributed by atoms with Gasteiger partial charge in [-0.3, -0.25) is 0 Å². The molecule has 0 radical (unpaired) electrons. The lowest BCUT2D eigenvalue weighted by Gasteiger charge is -2.22. The van der Waals surface area contributed by atoms with Crippen LogP contribution in [0.3, 0.4) is 0 Å². The van der Waals surface area contributed by atoms with E-state index < -0.39 is 35.9 Å². The molecule has 1 rings (SSSR count). The Kier molecular flexibility index (Phi) is 1.78. The molecule has 74 valence electrons. The molecule has 0 amide bonds. The largest absolute Gasteiger partial charge is 0.550 e. The number of rotatable bonds is 2. The number of hydrogen-bond donors (Lipinski definition) is 0. The fraction of sp³-hybridized carbons (Fsp3) is 0.667. The molecule has 0 saturated heterocycles. The minimum atomic E-state index is -5.10. The van der Waals surface area contributed by atoms with Gasteiger partial charge in [0.15, 0.2) is 0 Å². The normalized spacial score (nSPS) is 32.7. The Bertz CT molecular complexity index is 272. The Morgan fingerprint density at radius 3 is 1.85 bits per heavy atom. The van der Waals surface area contributed by atoms with Crippen molar-refractivity contribution < 1.29 is 33.0 Å². The van der Waals surface area contributed by atoms with Crippen molar-refractivity contribution in [2.45, 2.75) is 12.6 Å². The summed E-state index contributed by atoms with van der Waals surface area (Å²) in [5, 5.41) is 20.1. The molecule has 13 heavy (non-hydrogen) atoms. The van der Waals surface area contributed by atoms with Crippen LogP contribution < -0.4 is 10.2 Å². The van der Waals surface area contributed by atoms with E-state index in [0.717, 1.165) is 0 Å². The highest BCUT2D eigenvalue weighted by atomic mass is 19.4. The van der Waals surface area contributed by atoms with Gasteiger partial charge in [0.1, 0.15) is 5.41 Å². The number of carboxylic acids is 2. The van der Waals surface area contributed by atoms with Gasteiger partial charge in [0.25, 0.3) is 0 Å². The molecule has 0 aromatic carbocycles. The molecule has 1 aliphatic rings. The number of hydrogen-bond acceptors (Lipinski definition) is 4. The summed E-state index contributed by atoms with van der Waals surface area (Å²) in [6.45, 7) is 0. The van der Waals surface area contributed by atoms with Crippen molar-refractivity contribution in [1.82, 2.24) is 0 Å². The summed E-state index contributed by atoms with van der Waals surface area (Å²) in [4.78, 5) is 20.1. The number of carbonyl (C=O) groups excluding carboxylic acids is 2. The number of alkyl halides is 3. The Morgan fingerprint density at radius 2 is 1.77 bits per heavy atom. The first-order chi connectivity index (χ1) is 5.73. The Morgan fingerprint density at radius 1 is 1.31 bits per heavy atom. The third-order valence-corrected chi connectivity index (χ3v) is 2.12. The topological polar surface area (TPSA) is 80.3 Å². The molecule has 7 heteroatoms. The van der Waals surface area contributed by atoms with E-state index in [1.165, 1.54) is 0 Å². The molecule has 0 unspecified atom stereocenters. The molecule has 0 bridgehead atoms. The van der Waals surface area contributed by atoms with Crippen LogP contribution in [0.2, 0.25) is 0 Å². The van der Waals surface area contributed by atoms with Crippen molar-refractivity contribution in [2.75, 3.05) is 0 Å². The van der Waals surface area contributed by atoms with Gasteiger partial charge in [-0.25, -0.2) is 0 Å². The SMILES string of the molecule is O=C([O-])[C@@H]1C[C@]1(C(=O)[O-])C(F)(F)F. The zero-order valence-corrected chi connectivity index (χ0v) is 6.05. The van der Waals surface area contributed by atoms with Crippen molar-refractivity contribution in [3.05, 3.63) is 0 Å². The van der Waals surface area contributed by atoms with Gasteiger partial charge in [-0.05, 0) is 6.42 Å². The maximum atomic E-state index is 12.0. The highest BCUT2D eigenvalue weighted by Crippen LogP contribution is 2.61. The van der Waals surface area contributed by atoms with E-state index in [-0.39, 0.29) is 0 Å². The minimum Gasteiger partial charge on any atom is -0.550 e. The van der Waals surface area contributed by atoms with Crippen molar-refractivity contribution in [2.24, 2.45) is 11.3 Å². The lowest BCUT2D eigenvalue weighted by atomic mass is 10.0.